The molecule has 0 saturated heterocycles. The van der Waals surface area contributed by atoms with Gasteiger partial charge in [0.1, 0.15) is 5.82 Å². The molecule has 0 unspecified atom stereocenters. The Kier molecular flexibility index (Phi) is 3.54. The highest BCUT2D eigenvalue weighted by molar-refractivity contribution is 6.30. The lowest BCUT2D eigenvalue weighted by atomic mass is 10.1. The third-order valence-corrected chi connectivity index (χ3v) is 3.36. The molecule has 0 aliphatic heterocycles. The van der Waals surface area contributed by atoms with Crippen LogP contribution in [0.25, 0.3) is 22.6 Å². The number of benzene rings is 2. The molecule has 20 heavy (non-hydrogen) atoms. The van der Waals surface area contributed by atoms with Gasteiger partial charge in [-0.2, -0.15) is 0 Å². The van der Waals surface area contributed by atoms with Crippen molar-refractivity contribution < 1.29 is 5.11 Å². The van der Waals surface area contributed by atoms with Gasteiger partial charge in [-0.3, -0.25) is 0 Å². The van der Waals surface area contributed by atoms with E-state index in [0.29, 0.717) is 10.7 Å². The summed E-state index contributed by atoms with van der Waals surface area (Å²) in [6.07, 6.45) is 0. The van der Waals surface area contributed by atoms with Crippen LogP contribution in [-0.4, -0.2) is 15.1 Å². The summed E-state index contributed by atoms with van der Waals surface area (Å²) in [6, 6.07) is 17.3. The van der Waals surface area contributed by atoms with Crippen molar-refractivity contribution in [3.8, 4) is 22.6 Å². The maximum Gasteiger partial charge on any atom is 0.138 e. The van der Waals surface area contributed by atoms with E-state index in [9.17, 15) is 5.11 Å². The molecule has 0 spiro atoms. The minimum Gasteiger partial charge on any atom is -0.390 e. The standard InChI is InChI=1S/C16H13ClN2O/c17-13-8-6-12(7-9-13)16-18-14(10-20)15(19-16)11-4-2-1-3-5-11/h1-9,20H,10H2,(H,18,19). The van der Waals surface area contributed by atoms with Gasteiger partial charge >= 0.3 is 0 Å². The van der Waals surface area contributed by atoms with E-state index >= 15 is 0 Å². The van der Waals surface area contributed by atoms with E-state index in [1.807, 2.05) is 54.6 Å². The van der Waals surface area contributed by atoms with Crippen LogP contribution in [0.5, 0.6) is 0 Å². The van der Waals surface area contributed by atoms with Gasteiger partial charge in [0.05, 0.1) is 18.0 Å². The van der Waals surface area contributed by atoms with Crippen molar-refractivity contribution in [2.45, 2.75) is 6.61 Å². The second-order valence-corrected chi connectivity index (χ2v) is 4.87. The first-order valence-corrected chi connectivity index (χ1v) is 6.67. The van der Waals surface area contributed by atoms with E-state index < -0.39 is 0 Å². The third kappa shape index (κ3) is 2.46. The third-order valence-electron chi connectivity index (χ3n) is 3.11. The van der Waals surface area contributed by atoms with Crippen molar-refractivity contribution in [1.82, 2.24) is 9.97 Å². The number of halogens is 1. The molecule has 0 aliphatic carbocycles. The smallest absolute Gasteiger partial charge is 0.138 e. The molecule has 0 amide bonds. The summed E-state index contributed by atoms with van der Waals surface area (Å²) in [5.41, 5.74) is 3.43. The molecule has 100 valence electrons. The fourth-order valence-electron chi connectivity index (χ4n) is 2.11. The van der Waals surface area contributed by atoms with Gasteiger partial charge in [-0.25, -0.2) is 4.98 Å². The lowest BCUT2D eigenvalue weighted by Crippen LogP contribution is -1.87. The van der Waals surface area contributed by atoms with Crippen molar-refractivity contribution >= 4 is 11.6 Å². The fraction of sp³-hybridized carbons (Fsp3) is 0.0625. The molecule has 4 heteroatoms. The maximum absolute atomic E-state index is 9.48. The monoisotopic (exact) mass is 284 g/mol. The molecule has 2 aromatic carbocycles. The predicted molar refractivity (Wildman–Crippen MR) is 80.4 cm³/mol. The Morgan fingerprint density at radius 1 is 0.950 bits per heavy atom. The number of H-pyrrole nitrogens is 1. The normalized spacial score (nSPS) is 10.7. The molecule has 0 aliphatic rings. The summed E-state index contributed by atoms with van der Waals surface area (Å²) >= 11 is 5.89. The molecule has 1 aromatic heterocycles. The summed E-state index contributed by atoms with van der Waals surface area (Å²) < 4.78 is 0. The highest BCUT2D eigenvalue weighted by Gasteiger charge is 2.12. The van der Waals surface area contributed by atoms with Crippen LogP contribution in [0.3, 0.4) is 0 Å². The van der Waals surface area contributed by atoms with Crippen LogP contribution in [0, 0.1) is 0 Å². The van der Waals surface area contributed by atoms with Crippen molar-refractivity contribution in [3.05, 3.63) is 65.3 Å². The van der Waals surface area contributed by atoms with E-state index in [1.54, 1.807) is 0 Å². The highest BCUT2D eigenvalue weighted by Crippen LogP contribution is 2.26. The van der Waals surface area contributed by atoms with Gasteiger partial charge < -0.3 is 10.1 Å². The van der Waals surface area contributed by atoms with Crippen LogP contribution in [0.4, 0.5) is 0 Å². The lowest BCUT2D eigenvalue weighted by Gasteiger charge is -1.99. The van der Waals surface area contributed by atoms with Crippen LogP contribution in [0.1, 0.15) is 5.69 Å². The van der Waals surface area contributed by atoms with Crippen molar-refractivity contribution in [2.24, 2.45) is 0 Å². The number of aromatic amines is 1. The number of hydrogen-bond acceptors (Lipinski definition) is 2. The fourth-order valence-corrected chi connectivity index (χ4v) is 2.24. The first-order chi connectivity index (χ1) is 9.78. The minimum atomic E-state index is -0.103. The Morgan fingerprint density at radius 2 is 1.65 bits per heavy atom. The average Bonchev–Trinajstić information content (AvgIpc) is 2.93. The molecular formula is C16H13ClN2O. The SMILES string of the molecule is OCc1nc(-c2ccc(Cl)cc2)[nH]c1-c1ccccc1. The van der Waals surface area contributed by atoms with Crippen LogP contribution >= 0.6 is 11.6 Å². The van der Waals surface area contributed by atoms with E-state index in [0.717, 1.165) is 22.6 Å². The van der Waals surface area contributed by atoms with E-state index in [1.165, 1.54) is 0 Å². The molecule has 0 saturated carbocycles. The van der Waals surface area contributed by atoms with Gasteiger partial charge in [0.2, 0.25) is 0 Å². The van der Waals surface area contributed by atoms with Gasteiger partial charge in [-0.05, 0) is 29.8 Å². The number of nitrogens with one attached hydrogen (secondary N) is 1. The zero-order chi connectivity index (χ0) is 13.9. The quantitative estimate of drug-likeness (QED) is 0.766. The molecule has 3 aromatic rings. The van der Waals surface area contributed by atoms with Crippen LogP contribution in [-0.2, 0) is 6.61 Å². The first-order valence-electron chi connectivity index (χ1n) is 6.29. The van der Waals surface area contributed by atoms with Crippen LogP contribution in [0.2, 0.25) is 5.02 Å². The second kappa shape index (κ2) is 5.49. The van der Waals surface area contributed by atoms with Crippen molar-refractivity contribution in [3.63, 3.8) is 0 Å². The van der Waals surface area contributed by atoms with Crippen molar-refractivity contribution in [1.29, 1.82) is 0 Å². The summed E-state index contributed by atoms with van der Waals surface area (Å²) in [4.78, 5) is 7.73. The first kappa shape index (κ1) is 12.9. The van der Waals surface area contributed by atoms with Crippen LogP contribution < -0.4 is 0 Å². The number of rotatable bonds is 3. The molecular weight excluding hydrogens is 272 g/mol. The summed E-state index contributed by atoms with van der Waals surface area (Å²) in [5, 5.41) is 10.2. The summed E-state index contributed by atoms with van der Waals surface area (Å²) in [6.45, 7) is -0.103. The summed E-state index contributed by atoms with van der Waals surface area (Å²) in [5.74, 6) is 0.726. The molecule has 2 N–H and O–H groups in total. The number of aliphatic hydroxyl groups excluding tert-OH is 1. The molecule has 0 fully saturated rings. The second-order valence-electron chi connectivity index (χ2n) is 4.44. The zero-order valence-electron chi connectivity index (χ0n) is 10.7. The van der Waals surface area contributed by atoms with Gasteiger partial charge in [0.15, 0.2) is 0 Å². The Balaban J connectivity index is 2.07. The van der Waals surface area contributed by atoms with E-state index in [-0.39, 0.29) is 6.61 Å². The predicted octanol–water partition coefficient (Wildman–Crippen LogP) is 3.89. The topological polar surface area (TPSA) is 48.9 Å². The maximum atomic E-state index is 9.48. The number of imidazole rings is 1. The number of nitrogens with zero attached hydrogens (tertiary/aromatic N) is 1. The van der Waals surface area contributed by atoms with Gasteiger partial charge in [-0.15, -0.1) is 0 Å². The van der Waals surface area contributed by atoms with Crippen molar-refractivity contribution in [2.75, 3.05) is 0 Å². The van der Waals surface area contributed by atoms with E-state index in [2.05, 4.69) is 9.97 Å². The Labute approximate surface area is 121 Å². The van der Waals surface area contributed by atoms with Crippen LogP contribution in [0.15, 0.2) is 54.6 Å². The Morgan fingerprint density at radius 3 is 2.30 bits per heavy atom. The molecule has 1 heterocycles. The highest BCUT2D eigenvalue weighted by atomic mass is 35.5. The molecule has 0 atom stereocenters. The average molecular weight is 285 g/mol. The minimum absolute atomic E-state index is 0.103. The Hall–Kier alpha value is -2.10. The molecule has 0 radical (unpaired) electrons. The molecule has 3 nitrogen and oxygen atoms in total. The number of aliphatic hydroxyl groups is 1. The molecule has 0 bridgehead atoms. The number of aromatic nitrogens is 2. The zero-order valence-corrected chi connectivity index (χ0v) is 11.4. The largest absolute Gasteiger partial charge is 0.390 e. The van der Waals surface area contributed by atoms with Gasteiger partial charge in [0.25, 0.3) is 0 Å². The Bertz CT molecular complexity index is 705. The number of hydrogen-bond donors (Lipinski definition) is 2. The lowest BCUT2D eigenvalue weighted by molar-refractivity contribution is 0.278. The molecule has 3 rings (SSSR count). The summed E-state index contributed by atoms with van der Waals surface area (Å²) in [7, 11) is 0. The van der Waals surface area contributed by atoms with E-state index in [4.69, 9.17) is 11.6 Å². The van der Waals surface area contributed by atoms with Gasteiger partial charge in [0, 0.05) is 10.6 Å². The van der Waals surface area contributed by atoms with Gasteiger partial charge in [-0.1, -0.05) is 41.9 Å².